The van der Waals surface area contributed by atoms with Crippen LogP contribution < -0.4 is 11.1 Å². The van der Waals surface area contributed by atoms with Crippen molar-refractivity contribution in [2.45, 2.75) is 23.6 Å². The van der Waals surface area contributed by atoms with Gasteiger partial charge in [-0.1, -0.05) is 47.4 Å². The van der Waals surface area contributed by atoms with E-state index in [1.54, 1.807) is 0 Å². The van der Waals surface area contributed by atoms with E-state index in [9.17, 15) is 4.79 Å². The summed E-state index contributed by atoms with van der Waals surface area (Å²) in [5, 5.41) is 11.0. The number of thioether (sulfide) groups is 1. The molecule has 1 saturated heterocycles. The van der Waals surface area contributed by atoms with Crippen molar-refractivity contribution in [3.63, 3.8) is 0 Å². The standard InChI is InChI=1S/C17H23N5OS2/c1-12-4-2-3-5-14(12)13-6-8-22(10-13)9-7-19-15(23)11-24-17-21-20-16(18)25-17/h2-5,13H,6-11H2,1H3,(H2,18,20)(H,19,23)/t13-/m1/s1. The van der Waals surface area contributed by atoms with Gasteiger partial charge in [0, 0.05) is 19.6 Å². The number of hydrogen-bond acceptors (Lipinski definition) is 7. The number of nitrogens with two attached hydrogens (primary N) is 1. The summed E-state index contributed by atoms with van der Waals surface area (Å²) in [7, 11) is 0. The van der Waals surface area contributed by atoms with Crippen LogP contribution in [-0.2, 0) is 4.79 Å². The topological polar surface area (TPSA) is 84.1 Å². The Hall–Kier alpha value is -1.64. The van der Waals surface area contributed by atoms with Gasteiger partial charge in [-0.05, 0) is 36.9 Å². The summed E-state index contributed by atoms with van der Waals surface area (Å²) >= 11 is 2.67. The largest absolute Gasteiger partial charge is 0.374 e. The summed E-state index contributed by atoms with van der Waals surface area (Å²) in [6.45, 7) is 5.91. The summed E-state index contributed by atoms with van der Waals surface area (Å²) in [5.74, 6) is 0.976. The van der Waals surface area contributed by atoms with E-state index in [0.29, 0.717) is 23.3 Å². The maximum atomic E-state index is 11.9. The summed E-state index contributed by atoms with van der Waals surface area (Å²) in [5.41, 5.74) is 8.36. The normalized spacial score (nSPS) is 17.7. The second-order valence-corrected chi connectivity index (χ2v) is 8.42. The summed E-state index contributed by atoms with van der Waals surface area (Å²) in [4.78, 5) is 14.3. The maximum Gasteiger partial charge on any atom is 0.230 e. The third kappa shape index (κ3) is 5.17. The van der Waals surface area contributed by atoms with E-state index in [1.807, 2.05) is 0 Å². The minimum Gasteiger partial charge on any atom is -0.374 e. The number of rotatable bonds is 7. The molecule has 8 heteroatoms. The summed E-state index contributed by atoms with van der Waals surface area (Å²) < 4.78 is 0.730. The molecule has 1 aliphatic rings. The van der Waals surface area contributed by atoms with E-state index in [4.69, 9.17) is 5.73 Å². The van der Waals surface area contributed by atoms with Crippen molar-refractivity contribution >= 4 is 34.1 Å². The van der Waals surface area contributed by atoms with Crippen LogP contribution in [0.15, 0.2) is 28.6 Å². The number of carbonyl (C=O) groups is 1. The molecule has 1 amide bonds. The zero-order valence-electron chi connectivity index (χ0n) is 14.3. The van der Waals surface area contributed by atoms with E-state index in [0.717, 1.165) is 24.0 Å². The number of anilines is 1. The van der Waals surface area contributed by atoms with Crippen molar-refractivity contribution in [3.05, 3.63) is 35.4 Å². The van der Waals surface area contributed by atoms with E-state index in [2.05, 4.69) is 51.6 Å². The number of carbonyl (C=O) groups excluding carboxylic acids is 1. The molecule has 1 aliphatic heterocycles. The minimum atomic E-state index is 0.0217. The van der Waals surface area contributed by atoms with Crippen molar-refractivity contribution in [2.75, 3.05) is 37.7 Å². The van der Waals surface area contributed by atoms with Gasteiger partial charge in [0.2, 0.25) is 11.0 Å². The third-order valence-electron chi connectivity index (χ3n) is 4.40. The average molecular weight is 378 g/mol. The first-order valence-electron chi connectivity index (χ1n) is 8.38. The summed E-state index contributed by atoms with van der Waals surface area (Å²) in [6, 6.07) is 8.63. The van der Waals surface area contributed by atoms with Gasteiger partial charge in [-0.25, -0.2) is 0 Å². The first kappa shape index (κ1) is 18.2. The molecule has 0 bridgehead atoms. The highest BCUT2D eigenvalue weighted by atomic mass is 32.2. The minimum absolute atomic E-state index is 0.0217. The molecule has 6 nitrogen and oxygen atoms in total. The molecule has 1 aromatic carbocycles. The number of likely N-dealkylation sites (tertiary alicyclic amines) is 1. The van der Waals surface area contributed by atoms with Gasteiger partial charge < -0.3 is 16.0 Å². The van der Waals surface area contributed by atoms with Gasteiger partial charge in [0.25, 0.3) is 0 Å². The molecular weight excluding hydrogens is 354 g/mol. The second kappa shape index (κ2) is 8.64. The van der Waals surface area contributed by atoms with E-state index in [1.165, 1.54) is 40.6 Å². The molecule has 1 aromatic heterocycles. The van der Waals surface area contributed by atoms with Gasteiger partial charge in [0.05, 0.1) is 5.75 Å². The Morgan fingerprint density at radius 3 is 3.04 bits per heavy atom. The number of aryl methyl sites for hydroxylation is 1. The molecule has 3 N–H and O–H groups in total. The number of nitrogens with one attached hydrogen (secondary N) is 1. The van der Waals surface area contributed by atoms with Crippen LogP contribution in [0.5, 0.6) is 0 Å². The molecule has 2 heterocycles. The fourth-order valence-corrected chi connectivity index (χ4v) is 4.61. The molecule has 134 valence electrons. The van der Waals surface area contributed by atoms with Crippen LogP contribution in [0.2, 0.25) is 0 Å². The Labute approximate surface area is 156 Å². The fraction of sp³-hybridized carbons (Fsp3) is 0.471. The molecule has 0 aliphatic carbocycles. The molecule has 1 fully saturated rings. The highest BCUT2D eigenvalue weighted by molar-refractivity contribution is 8.01. The summed E-state index contributed by atoms with van der Waals surface area (Å²) in [6.07, 6.45) is 1.19. The quantitative estimate of drug-likeness (QED) is 0.719. The molecule has 0 spiro atoms. The zero-order chi connectivity index (χ0) is 17.6. The van der Waals surface area contributed by atoms with Gasteiger partial charge in [0.15, 0.2) is 4.34 Å². The highest BCUT2D eigenvalue weighted by Crippen LogP contribution is 2.29. The van der Waals surface area contributed by atoms with E-state index < -0.39 is 0 Å². The van der Waals surface area contributed by atoms with E-state index in [-0.39, 0.29) is 5.91 Å². The van der Waals surface area contributed by atoms with Crippen LogP contribution in [-0.4, -0.2) is 52.9 Å². The molecule has 1 atom stereocenters. The Morgan fingerprint density at radius 1 is 1.44 bits per heavy atom. The smallest absolute Gasteiger partial charge is 0.230 e. The van der Waals surface area contributed by atoms with Crippen LogP contribution in [0.4, 0.5) is 5.13 Å². The molecule has 0 unspecified atom stereocenters. The highest BCUT2D eigenvalue weighted by Gasteiger charge is 2.24. The first-order valence-corrected chi connectivity index (χ1v) is 10.2. The third-order valence-corrected chi connectivity index (χ3v) is 6.29. The van der Waals surface area contributed by atoms with Crippen molar-refractivity contribution in [1.29, 1.82) is 0 Å². The number of benzene rings is 1. The van der Waals surface area contributed by atoms with Gasteiger partial charge >= 0.3 is 0 Å². The lowest BCUT2D eigenvalue weighted by molar-refractivity contribution is -0.118. The molecular formula is C17H23N5OS2. The van der Waals surface area contributed by atoms with E-state index >= 15 is 0 Å². The monoisotopic (exact) mass is 377 g/mol. The Bertz CT molecular complexity index is 721. The fourth-order valence-electron chi connectivity index (χ4n) is 3.14. The van der Waals surface area contributed by atoms with Crippen molar-refractivity contribution in [2.24, 2.45) is 0 Å². The van der Waals surface area contributed by atoms with Gasteiger partial charge in [-0.15, -0.1) is 10.2 Å². The molecule has 3 rings (SSSR count). The molecule has 0 saturated carbocycles. The number of nitrogen functional groups attached to an aromatic ring is 1. The SMILES string of the molecule is Cc1ccccc1[C@@H]1CCN(CCNC(=O)CSc2nnc(N)s2)C1. The van der Waals surface area contributed by atoms with Gasteiger partial charge in [0.1, 0.15) is 0 Å². The maximum absolute atomic E-state index is 11.9. The Balaban J connectivity index is 1.35. The lowest BCUT2D eigenvalue weighted by Crippen LogP contribution is -2.34. The molecule has 0 radical (unpaired) electrons. The lowest BCUT2D eigenvalue weighted by Gasteiger charge is -2.17. The lowest BCUT2D eigenvalue weighted by atomic mass is 9.94. The molecule has 25 heavy (non-hydrogen) atoms. The van der Waals surface area contributed by atoms with Gasteiger partial charge in [-0.3, -0.25) is 4.79 Å². The Kier molecular flexibility index (Phi) is 6.28. The number of amides is 1. The zero-order valence-corrected chi connectivity index (χ0v) is 15.9. The number of nitrogens with zero attached hydrogens (tertiary/aromatic N) is 3. The van der Waals surface area contributed by atoms with Crippen molar-refractivity contribution in [1.82, 2.24) is 20.4 Å². The van der Waals surface area contributed by atoms with Crippen LogP contribution in [0.25, 0.3) is 0 Å². The van der Waals surface area contributed by atoms with Crippen LogP contribution >= 0.6 is 23.1 Å². The average Bonchev–Trinajstić information content (AvgIpc) is 3.22. The first-order chi connectivity index (χ1) is 12.1. The van der Waals surface area contributed by atoms with Crippen LogP contribution in [0, 0.1) is 6.92 Å². The Morgan fingerprint density at radius 2 is 2.28 bits per heavy atom. The van der Waals surface area contributed by atoms with Crippen molar-refractivity contribution < 1.29 is 4.79 Å². The van der Waals surface area contributed by atoms with Crippen LogP contribution in [0.3, 0.4) is 0 Å². The van der Waals surface area contributed by atoms with Gasteiger partial charge in [-0.2, -0.15) is 0 Å². The second-order valence-electron chi connectivity index (χ2n) is 6.19. The predicted molar refractivity (Wildman–Crippen MR) is 103 cm³/mol. The predicted octanol–water partition coefficient (Wildman–Crippen LogP) is 2.13. The number of aromatic nitrogens is 2. The van der Waals surface area contributed by atoms with Crippen LogP contribution in [0.1, 0.15) is 23.5 Å². The van der Waals surface area contributed by atoms with Crippen molar-refractivity contribution in [3.8, 4) is 0 Å². The molecule has 2 aromatic rings. The number of hydrogen-bond donors (Lipinski definition) is 2.